The number of ether oxygens (including phenoxy) is 2. The van der Waals surface area contributed by atoms with Gasteiger partial charge in [0.25, 0.3) is 0 Å². The molecular weight excluding hydrogens is 244 g/mol. The van der Waals surface area contributed by atoms with Crippen LogP contribution in [0.3, 0.4) is 0 Å². The monoisotopic (exact) mass is 272 g/mol. The van der Waals surface area contributed by atoms with Gasteiger partial charge in [-0.15, -0.1) is 0 Å². The first kappa shape index (κ1) is 16.4. The van der Waals surface area contributed by atoms with Crippen LogP contribution in [-0.2, 0) is 14.3 Å². The van der Waals surface area contributed by atoms with E-state index in [0.717, 1.165) is 26.0 Å². The molecule has 0 aliphatic carbocycles. The predicted octanol–water partition coefficient (Wildman–Crippen LogP) is 1.03. The smallest absolute Gasteiger partial charge is 0.324 e. The van der Waals surface area contributed by atoms with Crippen molar-refractivity contribution >= 4 is 5.97 Å². The maximum Gasteiger partial charge on any atom is 0.324 e. The Bertz CT molecular complexity index is 265. The molecule has 1 rings (SSSR count). The Morgan fingerprint density at radius 3 is 2.79 bits per heavy atom. The van der Waals surface area contributed by atoms with E-state index in [1.165, 1.54) is 0 Å². The largest absolute Gasteiger partial charge is 0.465 e. The quantitative estimate of drug-likeness (QED) is 0.669. The highest BCUT2D eigenvalue weighted by Crippen LogP contribution is 2.12. The lowest BCUT2D eigenvalue weighted by Crippen LogP contribution is -2.49. The first-order valence-corrected chi connectivity index (χ1v) is 7.25. The normalized spacial score (nSPS) is 21.1. The molecule has 0 radical (unpaired) electrons. The van der Waals surface area contributed by atoms with Gasteiger partial charge in [-0.05, 0) is 26.8 Å². The molecular formula is C14H28N2O3. The summed E-state index contributed by atoms with van der Waals surface area (Å²) < 4.78 is 10.7. The Kier molecular flexibility index (Phi) is 7.34. The van der Waals surface area contributed by atoms with Crippen molar-refractivity contribution in [2.24, 2.45) is 0 Å². The number of carbonyl (C=O) groups excluding carboxylic acids is 1. The number of likely N-dealkylation sites (N-methyl/N-ethyl adjacent to an activating group) is 1. The third-order valence-corrected chi connectivity index (χ3v) is 3.14. The van der Waals surface area contributed by atoms with Crippen molar-refractivity contribution in [3.63, 3.8) is 0 Å². The van der Waals surface area contributed by atoms with Crippen molar-refractivity contribution in [3.8, 4) is 0 Å². The molecule has 1 aliphatic heterocycles. The highest BCUT2D eigenvalue weighted by Gasteiger charge is 2.24. The van der Waals surface area contributed by atoms with E-state index in [2.05, 4.69) is 10.2 Å². The minimum absolute atomic E-state index is 0.171. The molecule has 1 heterocycles. The minimum Gasteiger partial charge on any atom is -0.465 e. The Morgan fingerprint density at radius 2 is 2.26 bits per heavy atom. The molecule has 0 bridgehead atoms. The van der Waals surface area contributed by atoms with Crippen molar-refractivity contribution < 1.29 is 14.3 Å². The van der Waals surface area contributed by atoms with Crippen LogP contribution in [0, 0.1) is 0 Å². The predicted molar refractivity (Wildman–Crippen MR) is 75.2 cm³/mol. The summed E-state index contributed by atoms with van der Waals surface area (Å²) in [5, 5.41) is 3.26. The summed E-state index contributed by atoms with van der Waals surface area (Å²) in [6.45, 7) is 8.71. The van der Waals surface area contributed by atoms with E-state index in [-0.39, 0.29) is 18.1 Å². The Balaban J connectivity index is 2.42. The van der Waals surface area contributed by atoms with Crippen LogP contribution in [0.1, 0.15) is 33.6 Å². The number of nitrogens with one attached hydrogen (secondary N) is 1. The van der Waals surface area contributed by atoms with Gasteiger partial charge in [0.15, 0.2) is 0 Å². The van der Waals surface area contributed by atoms with Crippen LogP contribution in [0.2, 0.25) is 0 Å². The standard InChI is InChI=1S/C14H28N2O3/c1-5-18-14(17)13(15-11(2)3)10-16(4)9-12-7-6-8-19-12/h11-13,15H,5-10H2,1-4H3. The molecule has 1 saturated heterocycles. The fraction of sp³-hybridized carbons (Fsp3) is 0.929. The summed E-state index contributed by atoms with van der Waals surface area (Å²) >= 11 is 0. The van der Waals surface area contributed by atoms with Crippen LogP contribution in [-0.4, -0.2) is 62.4 Å². The highest BCUT2D eigenvalue weighted by atomic mass is 16.5. The molecule has 5 heteroatoms. The molecule has 0 spiro atoms. The fourth-order valence-electron chi connectivity index (χ4n) is 2.36. The van der Waals surface area contributed by atoms with E-state index >= 15 is 0 Å². The second kappa shape index (κ2) is 8.51. The molecule has 19 heavy (non-hydrogen) atoms. The van der Waals surface area contributed by atoms with Crippen LogP contribution < -0.4 is 5.32 Å². The van der Waals surface area contributed by atoms with Gasteiger partial charge in [0.05, 0.1) is 12.7 Å². The lowest BCUT2D eigenvalue weighted by atomic mass is 10.2. The van der Waals surface area contributed by atoms with E-state index in [0.29, 0.717) is 19.3 Å². The van der Waals surface area contributed by atoms with Crippen molar-refractivity contribution in [1.82, 2.24) is 10.2 Å². The molecule has 2 atom stereocenters. The highest BCUT2D eigenvalue weighted by molar-refractivity contribution is 5.76. The lowest BCUT2D eigenvalue weighted by molar-refractivity contribution is -0.146. The van der Waals surface area contributed by atoms with E-state index in [1.54, 1.807) is 0 Å². The molecule has 1 aliphatic rings. The van der Waals surface area contributed by atoms with E-state index in [9.17, 15) is 4.79 Å². The van der Waals surface area contributed by atoms with Gasteiger partial charge in [-0.3, -0.25) is 4.79 Å². The van der Waals surface area contributed by atoms with Gasteiger partial charge in [0.2, 0.25) is 0 Å². The zero-order valence-corrected chi connectivity index (χ0v) is 12.6. The average Bonchev–Trinajstić information content (AvgIpc) is 2.80. The third kappa shape index (κ3) is 6.36. The molecule has 0 amide bonds. The average molecular weight is 272 g/mol. The topological polar surface area (TPSA) is 50.8 Å². The number of rotatable bonds is 8. The second-order valence-electron chi connectivity index (χ2n) is 5.48. The van der Waals surface area contributed by atoms with Crippen LogP contribution in [0.25, 0.3) is 0 Å². The lowest BCUT2D eigenvalue weighted by Gasteiger charge is -2.26. The first-order chi connectivity index (χ1) is 9.02. The van der Waals surface area contributed by atoms with Crippen molar-refractivity contribution in [2.45, 2.75) is 51.8 Å². The second-order valence-corrected chi connectivity index (χ2v) is 5.48. The number of nitrogens with zero attached hydrogens (tertiary/aromatic N) is 1. The zero-order valence-electron chi connectivity index (χ0n) is 12.6. The molecule has 1 fully saturated rings. The van der Waals surface area contributed by atoms with Gasteiger partial charge in [0, 0.05) is 25.7 Å². The van der Waals surface area contributed by atoms with Gasteiger partial charge < -0.3 is 19.7 Å². The van der Waals surface area contributed by atoms with Gasteiger partial charge in [-0.25, -0.2) is 0 Å². The van der Waals surface area contributed by atoms with Crippen LogP contribution in [0.5, 0.6) is 0 Å². The summed E-state index contributed by atoms with van der Waals surface area (Å²) in [6, 6.07) is -0.0168. The molecule has 0 aromatic carbocycles. The SMILES string of the molecule is CCOC(=O)C(CN(C)CC1CCCO1)NC(C)C. The molecule has 1 N–H and O–H groups in total. The number of carbonyl (C=O) groups is 1. The summed E-state index contributed by atoms with van der Waals surface area (Å²) in [4.78, 5) is 14.1. The molecule has 2 unspecified atom stereocenters. The van der Waals surface area contributed by atoms with Gasteiger partial charge in [-0.1, -0.05) is 13.8 Å². The zero-order chi connectivity index (χ0) is 14.3. The summed E-state index contributed by atoms with van der Waals surface area (Å²) in [7, 11) is 2.02. The summed E-state index contributed by atoms with van der Waals surface area (Å²) in [5.41, 5.74) is 0. The maximum absolute atomic E-state index is 11.9. The molecule has 0 aromatic rings. The van der Waals surface area contributed by atoms with Crippen LogP contribution in [0.4, 0.5) is 0 Å². The van der Waals surface area contributed by atoms with Crippen LogP contribution >= 0.6 is 0 Å². The van der Waals surface area contributed by atoms with Crippen LogP contribution in [0.15, 0.2) is 0 Å². The number of esters is 1. The summed E-state index contributed by atoms with van der Waals surface area (Å²) in [6.07, 6.45) is 2.57. The molecule has 112 valence electrons. The van der Waals surface area contributed by atoms with Gasteiger partial charge in [0.1, 0.15) is 6.04 Å². The Labute approximate surface area is 116 Å². The van der Waals surface area contributed by atoms with Crippen molar-refractivity contribution in [1.29, 1.82) is 0 Å². The molecule has 0 saturated carbocycles. The number of hydrogen-bond donors (Lipinski definition) is 1. The minimum atomic E-state index is -0.272. The van der Waals surface area contributed by atoms with E-state index in [1.807, 2.05) is 27.8 Å². The molecule has 0 aromatic heterocycles. The van der Waals surface area contributed by atoms with Crippen molar-refractivity contribution in [2.75, 3.05) is 33.4 Å². The van der Waals surface area contributed by atoms with Crippen molar-refractivity contribution in [3.05, 3.63) is 0 Å². The van der Waals surface area contributed by atoms with Gasteiger partial charge in [-0.2, -0.15) is 0 Å². The fourth-order valence-corrected chi connectivity index (χ4v) is 2.36. The molecule has 5 nitrogen and oxygen atoms in total. The van der Waals surface area contributed by atoms with E-state index in [4.69, 9.17) is 9.47 Å². The number of hydrogen-bond acceptors (Lipinski definition) is 5. The maximum atomic E-state index is 11.9. The first-order valence-electron chi connectivity index (χ1n) is 7.25. The Morgan fingerprint density at radius 1 is 1.53 bits per heavy atom. The van der Waals surface area contributed by atoms with E-state index < -0.39 is 0 Å². The summed E-state index contributed by atoms with van der Waals surface area (Å²) in [5.74, 6) is -0.171. The van der Waals surface area contributed by atoms with Gasteiger partial charge >= 0.3 is 5.97 Å². The Hall–Kier alpha value is -0.650. The third-order valence-electron chi connectivity index (χ3n) is 3.14.